The summed E-state index contributed by atoms with van der Waals surface area (Å²) in [6, 6.07) is 10.2. The zero-order chi connectivity index (χ0) is 15.0. The molecule has 1 aromatic rings. The van der Waals surface area contributed by atoms with E-state index in [1.807, 2.05) is 32.0 Å². The molecule has 0 bridgehead atoms. The molecule has 0 aliphatic rings. The molecule has 1 N–H and O–H groups in total. The first-order chi connectivity index (χ1) is 8.58. The summed E-state index contributed by atoms with van der Waals surface area (Å²) in [7, 11) is 0. The van der Waals surface area contributed by atoms with Crippen LogP contribution in [-0.2, 0) is 37.7 Å². The van der Waals surface area contributed by atoms with Crippen LogP contribution in [0.4, 0.5) is 0 Å². The maximum atomic E-state index is 9.48. The fourth-order valence-electron chi connectivity index (χ4n) is 1.09. The van der Waals surface area contributed by atoms with Gasteiger partial charge < -0.3 is 5.11 Å². The Balaban J connectivity index is -0.000000142. The molecule has 0 atom stereocenters. The van der Waals surface area contributed by atoms with Gasteiger partial charge in [0.25, 0.3) is 0 Å². The van der Waals surface area contributed by atoms with Gasteiger partial charge in [-0.2, -0.15) is 0 Å². The third kappa shape index (κ3) is 22.6. The molecule has 102 valence electrons. The van der Waals surface area contributed by atoms with E-state index in [9.17, 15) is 5.11 Å². The van der Waals surface area contributed by atoms with Crippen molar-refractivity contribution in [1.82, 2.24) is 0 Å². The van der Waals surface area contributed by atoms with E-state index in [2.05, 4.69) is 32.1 Å². The maximum absolute atomic E-state index is 9.48. The molecule has 5 heteroatoms. The molecular weight excluding hydrogens is 284 g/mol. The summed E-state index contributed by atoms with van der Waals surface area (Å²) < 4.78 is 22.5. The van der Waals surface area contributed by atoms with Gasteiger partial charge in [-0.25, -0.2) is 0 Å². The summed E-state index contributed by atoms with van der Waals surface area (Å²) in [5.74, 6) is 0. The second-order valence-corrected chi connectivity index (χ2v) is 3.80. The van der Waals surface area contributed by atoms with Crippen LogP contribution in [0.25, 0.3) is 0 Å². The predicted octanol–water partition coefficient (Wildman–Crippen LogP) is 2.28. The van der Waals surface area contributed by atoms with Crippen molar-refractivity contribution in [2.45, 2.75) is 32.3 Å². The molecule has 0 spiro atoms. The van der Waals surface area contributed by atoms with Crippen molar-refractivity contribution in [3.63, 3.8) is 0 Å². The van der Waals surface area contributed by atoms with Crippen LogP contribution in [0, 0.1) is 20.0 Å². The van der Waals surface area contributed by atoms with Gasteiger partial charge in [0, 0.05) is 17.4 Å². The van der Waals surface area contributed by atoms with E-state index < -0.39 is 5.60 Å². The van der Waals surface area contributed by atoms with Crippen molar-refractivity contribution in [2.75, 3.05) is 0 Å². The van der Waals surface area contributed by atoms with Gasteiger partial charge in [0.15, 0.2) is 0 Å². The van der Waals surface area contributed by atoms with Gasteiger partial charge in [-0.3, -0.25) is 0 Å². The Labute approximate surface area is 125 Å². The summed E-state index contributed by atoms with van der Waals surface area (Å²) in [5, 5.41) is 9.48. The van der Waals surface area contributed by atoms with Crippen molar-refractivity contribution in [2.24, 2.45) is 0 Å². The minimum absolute atomic E-state index is 0. The summed E-state index contributed by atoms with van der Waals surface area (Å²) in [4.78, 5) is 0. The molecule has 0 heterocycles. The number of rotatable bonds is 3. The van der Waals surface area contributed by atoms with Gasteiger partial charge >= 0.3 is 33.9 Å². The van der Waals surface area contributed by atoms with Gasteiger partial charge in [0.05, 0.1) is 5.60 Å². The van der Waals surface area contributed by atoms with Crippen LogP contribution in [-0.4, -0.2) is 10.7 Å². The number of hydrogen-bond acceptors (Lipinski definition) is 1. The monoisotopic (exact) mass is 300 g/mol. The Morgan fingerprint density at radius 1 is 0.947 bits per heavy atom. The van der Waals surface area contributed by atoms with E-state index in [0.29, 0.717) is 0 Å². The second kappa shape index (κ2) is 19.3. The average Bonchev–Trinajstić information content (AvgIpc) is 2.44. The molecule has 0 aliphatic carbocycles. The Kier molecular flexibility index (Phi) is 26.9. The van der Waals surface area contributed by atoms with E-state index >= 15 is 0 Å². The maximum Gasteiger partial charge on any atom is 0 e. The number of hydrogen-bond donors (Lipinski definition) is 1. The zero-order valence-corrected chi connectivity index (χ0v) is 12.2. The first kappa shape index (κ1) is 26.5. The van der Waals surface area contributed by atoms with Crippen LogP contribution < -0.4 is 0 Å². The molecule has 0 unspecified atom stereocenters. The predicted molar refractivity (Wildman–Crippen MR) is 62.8 cm³/mol. The van der Waals surface area contributed by atoms with E-state index in [1.165, 1.54) is 5.56 Å². The molecule has 19 heavy (non-hydrogen) atoms. The van der Waals surface area contributed by atoms with Gasteiger partial charge in [-0.05, 0) is 32.3 Å². The molecular formula is C14H16CrO4. The third-order valence-electron chi connectivity index (χ3n) is 1.87. The van der Waals surface area contributed by atoms with Gasteiger partial charge in [0.1, 0.15) is 0 Å². The fraction of sp³-hybridized carbons (Fsp3) is 0.357. The fourth-order valence-corrected chi connectivity index (χ4v) is 1.09. The summed E-state index contributed by atoms with van der Waals surface area (Å²) in [6.45, 7) is 17.2. The van der Waals surface area contributed by atoms with Crippen molar-refractivity contribution >= 4 is 0 Å². The average molecular weight is 300 g/mol. The van der Waals surface area contributed by atoms with Gasteiger partial charge in [-0.15, -0.1) is 0 Å². The van der Waals surface area contributed by atoms with Gasteiger partial charge in [0.2, 0.25) is 0 Å². The quantitative estimate of drug-likeness (QED) is 0.674. The Morgan fingerprint density at radius 3 is 1.63 bits per heavy atom. The van der Waals surface area contributed by atoms with Crippen molar-refractivity contribution in [1.29, 1.82) is 0 Å². The second-order valence-electron chi connectivity index (χ2n) is 3.80. The van der Waals surface area contributed by atoms with E-state index in [1.54, 1.807) is 0 Å². The van der Waals surface area contributed by atoms with Gasteiger partial charge in [-0.1, -0.05) is 30.3 Å². The minimum atomic E-state index is -0.546. The van der Waals surface area contributed by atoms with Crippen LogP contribution in [0.2, 0.25) is 0 Å². The molecule has 1 aromatic carbocycles. The largest absolute Gasteiger partial charge is 0 e. The molecule has 0 aromatic heterocycles. The third-order valence-corrected chi connectivity index (χ3v) is 1.87. The number of aliphatic hydroxyl groups is 1. The van der Waals surface area contributed by atoms with Crippen LogP contribution in [0.1, 0.15) is 25.8 Å². The van der Waals surface area contributed by atoms with Crippen LogP contribution in [0.3, 0.4) is 0 Å². The van der Waals surface area contributed by atoms with E-state index in [-0.39, 0.29) is 17.4 Å². The molecule has 1 rings (SSSR count). The zero-order valence-electron chi connectivity index (χ0n) is 10.9. The van der Waals surface area contributed by atoms with E-state index in [4.69, 9.17) is 14.0 Å². The normalized spacial score (nSPS) is 7.63. The van der Waals surface area contributed by atoms with Crippen molar-refractivity contribution < 1.29 is 36.4 Å². The molecule has 0 saturated carbocycles. The Bertz CT molecular complexity index is 322. The standard InChI is InChI=1S/C11H16O.3CO.Cr/c1-11(2,12)9-8-10-6-4-3-5-7-10;3*1-2;/h3-7,12H,8-9H2,1-2H3;;;;. The Hall–Kier alpha value is -1.07. The van der Waals surface area contributed by atoms with Crippen LogP contribution in [0.15, 0.2) is 30.3 Å². The van der Waals surface area contributed by atoms with Crippen molar-refractivity contribution in [3.05, 3.63) is 55.8 Å². The number of benzene rings is 1. The molecule has 0 radical (unpaired) electrons. The summed E-state index contributed by atoms with van der Waals surface area (Å²) >= 11 is 0. The molecule has 4 nitrogen and oxygen atoms in total. The topological polar surface area (TPSA) is 79.9 Å². The summed E-state index contributed by atoms with van der Waals surface area (Å²) in [5.41, 5.74) is 0.746. The van der Waals surface area contributed by atoms with E-state index in [0.717, 1.165) is 12.8 Å². The van der Waals surface area contributed by atoms with Crippen LogP contribution >= 0.6 is 0 Å². The smallest absolute Gasteiger partial charge is 0 e. The first-order valence-electron chi connectivity index (χ1n) is 4.95. The van der Waals surface area contributed by atoms with Crippen LogP contribution in [0.5, 0.6) is 0 Å². The van der Waals surface area contributed by atoms with Crippen molar-refractivity contribution in [3.8, 4) is 0 Å². The molecule has 0 fully saturated rings. The Morgan fingerprint density at radius 2 is 1.32 bits per heavy atom. The minimum Gasteiger partial charge on any atom is 0 e. The molecule has 0 saturated heterocycles. The SMILES string of the molecule is CC(C)(O)CCc1ccccc1.[C-]#[O+].[C-]#[O+].[C-]#[O+].[Cr]. The molecule has 0 aliphatic heterocycles. The summed E-state index contributed by atoms with van der Waals surface area (Å²) in [6.07, 6.45) is 1.77. The number of aryl methyl sites for hydroxylation is 1. The first-order valence-corrected chi connectivity index (χ1v) is 4.95. The molecule has 0 amide bonds.